The molecule has 0 aliphatic carbocycles. The van der Waals surface area contributed by atoms with Gasteiger partial charge in [0.2, 0.25) is 5.91 Å². The zero-order valence-corrected chi connectivity index (χ0v) is 11.0. The summed E-state index contributed by atoms with van der Waals surface area (Å²) in [5, 5.41) is 3.89. The Hall–Kier alpha value is -0.950. The van der Waals surface area contributed by atoms with Gasteiger partial charge in [0, 0.05) is 15.6 Å². The molecule has 1 aromatic rings. The number of halogens is 1. The SMILES string of the molecule is NCCCC(=O)N/N=C/c1ccccc1I. The average Bonchev–Trinajstić information content (AvgIpc) is 2.29. The van der Waals surface area contributed by atoms with Crippen LogP contribution in [0.2, 0.25) is 0 Å². The number of hydrazone groups is 1. The Balaban J connectivity index is 2.43. The lowest BCUT2D eigenvalue weighted by Gasteiger charge is -1.99. The van der Waals surface area contributed by atoms with Gasteiger partial charge >= 0.3 is 0 Å². The van der Waals surface area contributed by atoms with Crippen LogP contribution in [-0.4, -0.2) is 18.7 Å². The highest BCUT2D eigenvalue weighted by Crippen LogP contribution is 2.08. The number of carbonyl (C=O) groups is 1. The topological polar surface area (TPSA) is 67.5 Å². The van der Waals surface area contributed by atoms with E-state index < -0.39 is 0 Å². The maximum Gasteiger partial charge on any atom is 0.240 e. The molecule has 0 fully saturated rings. The highest BCUT2D eigenvalue weighted by Gasteiger charge is 1.97. The number of hydrogen-bond donors (Lipinski definition) is 2. The van der Waals surface area contributed by atoms with Crippen molar-refractivity contribution >= 4 is 34.7 Å². The lowest BCUT2D eigenvalue weighted by Crippen LogP contribution is -2.18. The number of amides is 1. The Morgan fingerprint density at radius 3 is 2.94 bits per heavy atom. The molecule has 16 heavy (non-hydrogen) atoms. The molecule has 1 rings (SSSR count). The quantitative estimate of drug-likeness (QED) is 0.488. The zero-order chi connectivity index (χ0) is 11.8. The molecule has 0 radical (unpaired) electrons. The Labute approximate surface area is 108 Å². The predicted octanol–water partition coefficient (Wildman–Crippen LogP) is 1.48. The summed E-state index contributed by atoms with van der Waals surface area (Å²) < 4.78 is 1.10. The minimum Gasteiger partial charge on any atom is -0.330 e. The van der Waals surface area contributed by atoms with E-state index in [1.54, 1.807) is 6.21 Å². The Morgan fingerprint density at radius 1 is 1.50 bits per heavy atom. The summed E-state index contributed by atoms with van der Waals surface area (Å²) in [7, 11) is 0. The number of nitrogens with one attached hydrogen (secondary N) is 1. The standard InChI is InChI=1S/C11H14IN3O/c12-10-5-2-1-4-9(10)8-14-15-11(16)6-3-7-13/h1-2,4-5,8H,3,6-7,13H2,(H,15,16)/b14-8+. The van der Waals surface area contributed by atoms with Gasteiger partial charge < -0.3 is 5.73 Å². The van der Waals surface area contributed by atoms with Crippen LogP contribution in [0.4, 0.5) is 0 Å². The number of nitrogens with two attached hydrogens (primary N) is 1. The van der Waals surface area contributed by atoms with Gasteiger partial charge in [-0.1, -0.05) is 18.2 Å². The van der Waals surface area contributed by atoms with Crippen LogP contribution >= 0.6 is 22.6 Å². The van der Waals surface area contributed by atoms with Gasteiger partial charge in [-0.15, -0.1) is 0 Å². The van der Waals surface area contributed by atoms with E-state index in [2.05, 4.69) is 33.1 Å². The number of nitrogens with zero attached hydrogens (tertiary/aromatic N) is 1. The van der Waals surface area contributed by atoms with Gasteiger partial charge in [-0.05, 0) is 41.6 Å². The van der Waals surface area contributed by atoms with Gasteiger partial charge in [-0.25, -0.2) is 5.43 Å². The second kappa shape index (κ2) is 7.34. The zero-order valence-electron chi connectivity index (χ0n) is 8.82. The van der Waals surface area contributed by atoms with Gasteiger partial charge in [0.05, 0.1) is 6.21 Å². The molecule has 5 heteroatoms. The molecule has 0 aliphatic heterocycles. The normalized spacial score (nSPS) is 10.6. The second-order valence-electron chi connectivity index (χ2n) is 3.21. The largest absolute Gasteiger partial charge is 0.330 e. The number of hydrogen-bond acceptors (Lipinski definition) is 3. The van der Waals surface area contributed by atoms with Crippen molar-refractivity contribution < 1.29 is 4.79 Å². The maximum atomic E-state index is 11.2. The van der Waals surface area contributed by atoms with Crippen molar-refractivity contribution in [1.29, 1.82) is 0 Å². The van der Waals surface area contributed by atoms with E-state index in [1.807, 2.05) is 24.3 Å². The van der Waals surface area contributed by atoms with E-state index in [4.69, 9.17) is 5.73 Å². The minimum atomic E-state index is -0.104. The lowest BCUT2D eigenvalue weighted by molar-refractivity contribution is -0.121. The third-order valence-electron chi connectivity index (χ3n) is 1.91. The van der Waals surface area contributed by atoms with Crippen molar-refractivity contribution in [3.63, 3.8) is 0 Å². The summed E-state index contributed by atoms with van der Waals surface area (Å²) in [4.78, 5) is 11.2. The van der Waals surface area contributed by atoms with Crippen molar-refractivity contribution in [1.82, 2.24) is 5.43 Å². The van der Waals surface area contributed by atoms with Crippen LogP contribution in [0.1, 0.15) is 18.4 Å². The van der Waals surface area contributed by atoms with Gasteiger partial charge in [0.1, 0.15) is 0 Å². The highest BCUT2D eigenvalue weighted by atomic mass is 127. The minimum absolute atomic E-state index is 0.104. The monoisotopic (exact) mass is 331 g/mol. The van der Waals surface area contributed by atoms with Gasteiger partial charge in [0.15, 0.2) is 0 Å². The van der Waals surface area contributed by atoms with E-state index >= 15 is 0 Å². The van der Waals surface area contributed by atoms with E-state index in [-0.39, 0.29) is 5.91 Å². The first-order chi connectivity index (χ1) is 7.74. The predicted molar refractivity (Wildman–Crippen MR) is 73.2 cm³/mol. The Morgan fingerprint density at radius 2 is 2.25 bits per heavy atom. The van der Waals surface area contributed by atoms with Crippen LogP contribution in [0.5, 0.6) is 0 Å². The molecule has 0 atom stereocenters. The summed E-state index contributed by atoms with van der Waals surface area (Å²) >= 11 is 2.22. The Kier molecular flexibility index (Phi) is 6.02. The molecule has 4 nitrogen and oxygen atoms in total. The average molecular weight is 331 g/mol. The molecule has 0 bridgehead atoms. The summed E-state index contributed by atoms with van der Waals surface area (Å²) in [5.74, 6) is -0.104. The Bertz CT molecular complexity index is 379. The van der Waals surface area contributed by atoms with E-state index in [1.165, 1.54) is 0 Å². The molecule has 0 saturated carbocycles. The van der Waals surface area contributed by atoms with Crippen LogP contribution in [0.25, 0.3) is 0 Å². The van der Waals surface area contributed by atoms with Gasteiger partial charge in [-0.2, -0.15) is 5.10 Å². The molecular weight excluding hydrogens is 317 g/mol. The molecule has 86 valence electrons. The first kappa shape index (κ1) is 13.1. The number of carbonyl (C=O) groups excluding carboxylic acids is 1. The summed E-state index contributed by atoms with van der Waals surface area (Å²) in [6, 6.07) is 7.81. The van der Waals surface area contributed by atoms with Crippen LogP contribution in [0.3, 0.4) is 0 Å². The molecule has 3 N–H and O–H groups in total. The van der Waals surface area contributed by atoms with E-state index in [0.29, 0.717) is 19.4 Å². The molecule has 0 aromatic heterocycles. The molecule has 0 spiro atoms. The van der Waals surface area contributed by atoms with Crippen LogP contribution in [-0.2, 0) is 4.79 Å². The van der Waals surface area contributed by atoms with Gasteiger partial charge in [-0.3, -0.25) is 4.79 Å². The molecule has 0 saturated heterocycles. The van der Waals surface area contributed by atoms with E-state index in [9.17, 15) is 4.79 Å². The fourth-order valence-corrected chi connectivity index (χ4v) is 1.60. The molecule has 0 unspecified atom stereocenters. The summed E-state index contributed by atoms with van der Waals surface area (Å²) in [5.41, 5.74) is 8.75. The fourth-order valence-electron chi connectivity index (χ4n) is 1.07. The summed E-state index contributed by atoms with van der Waals surface area (Å²) in [6.45, 7) is 0.522. The van der Waals surface area contributed by atoms with Gasteiger partial charge in [0.25, 0.3) is 0 Å². The molecule has 1 amide bonds. The van der Waals surface area contributed by atoms with Crippen molar-refractivity contribution in [2.75, 3.05) is 6.54 Å². The summed E-state index contributed by atoms with van der Waals surface area (Å²) in [6.07, 6.45) is 2.74. The van der Waals surface area contributed by atoms with Crippen molar-refractivity contribution in [3.05, 3.63) is 33.4 Å². The second-order valence-corrected chi connectivity index (χ2v) is 4.37. The first-order valence-corrected chi connectivity index (χ1v) is 6.08. The molecule has 0 aliphatic rings. The third kappa shape index (κ3) is 4.71. The third-order valence-corrected chi connectivity index (χ3v) is 2.89. The molecular formula is C11H14IN3O. The molecule has 1 aromatic carbocycles. The maximum absolute atomic E-state index is 11.2. The van der Waals surface area contributed by atoms with Crippen LogP contribution in [0.15, 0.2) is 29.4 Å². The van der Waals surface area contributed by atoms with Crippen molar-refractivity contribution in [2.24, 2.45) is 10.8 Å². The van der Waals surface area contributed by atoms with Crippen molar-refractivity contribution in [2.45, 2.75) is 12.8 Å². The van der Waals surface area contributed by atoms with Crippen molar-refractivity contribution in [3.8, 4) is 0 Å². The number of rotatable bonds is 5. The highest BCUT2D eigenvalue weighted by molar-refractivity contribution is 14.1. The fraction of sp³-hybridized carbons (Fsp3) is 0.273. The first-order valence-electron chi connectivity index (χ1n) is 5.00. The van der Waals surface area contributed by atoms with Crippen LogP contribution < -0.4 is 11.2 Å². The lowest BCUT2D eigenvalue weighted by atomic mass is 10.2. The van der Waals surface area contributed by atoms with E-state index in [0.717, 1.165) is 9.13 Å². The molecule has 0 heterocycles. The van der Waals surface area contributed by atoms with Crippen LogP contribution in [0, 0.1) is 3.57 Å². The number of benzene rings is 1. The smallest absolute Gasteiger partial charge is 0.240 e.